The van der Waals surface area contributed by atoms with Crippen LogP contribution in [-0.4, -0.2) is 274 Å². The van der Waals surface area contributed by atoms with Crippen LogP contribution in [-0.2, 0) is 80.0 Å². The number of nitrogens with two attached hydrogens (primary N) is 3. The van der Waals surface area contributed by atoms with Crippen LogP contribution in [0.15, 0.2) is 47.8 Å². The maximum absolute atomic E-state index is 14.6. The fourth-order valence-corrected chi connectivity index (χ4v) is 10.7. The minimum Gasteiger partial charge on any atom is -0.481 e. The van der Waals surface area contributed by atoms with E-state index in [2.05, 4.69) is 62.8 Å². The highest BCUT2D eigenvalue weighted by atomic mass is 32.2. The number of aromatic amines is 1. The Labute approximate surface area is 553 Å². The van der Waals surface area contributed by atoms with Gasteiger partial charge in [0.05, 0.1) is 45.1 Å². The average Bonchev–Trinajstić information content (AvgIpc) is 1.60. The zero-order valence-corrected chi connectivity index (χ0v) is 53.4. The van der Waals surface area contributed by atoms with E-state index >= 15 is 0 Å². The second kappa shape index (κ2) is 39.3. The van der Waals surface area contributed by atoms with Crippen LogP contribution in [0.1, 0.15) is 76.0 Å². The summed E-state index contributed by atoms with van der Waals surface area (Å²) >= 11 is 1.25. The van der Waals surface area contributed by atoms with Crippen LogP contribution >= 0.6 is 11.8 Å². The molecule has 2 aromatic rings. The average molecular weight is 1380 g/mol. The molecule has 0 unspecified atom stereocenters. The number of amides is 11. The van der Waals surface area contributed by atoms with Gasteiger partial charge in [-0.05, 0) is 69.4 Å². The summed E-state index contributed by atoms with van der Waals surface area (Å²) in [6.45, 7) is -2.02. The molecule has 1 aromatic carbocycles. The molecule has 0 spiro atoms. The Balaban J connectivity index is 1.54. The molecule has 3 heterocycles. The van der Waals surface area contributed by atoms with Gasteiger partial charge in [0, 0.05) is 44.4 Å². The topological polar surface area (TPSA) is 614 Å². The molecule has 0 bridgehead atoms. The maximum atomic E-state index is 14.6. The number of H-pyrrole nitrogens is 1. The number of rotatable bonds is 40. The molecule has 0 radical (unpaired) electrons. The van der Waals surface area contributed by atoms with Gasteiger partial charge in [0.2, 0.25) is 65.0 Å². The van der Waals surface area contributed by atoms with Crippen LogP contribution in [0.3, 0.4) is 0 Å². The second-order valence-corrected chi connectivity index (χ2v) is 23.5. The predicted molar refractivity (Wildman–Crippen MR) is 335 cm³/mol. The molecular weight excluding hydrogens is 1290 g/mol. The van der Waals surface area contributed by atoms with Gasteiger partial charge in [0.25, 0.3) is 0 Å². The first-order chi connectivity index (χ1) is 45.5. The molecule has 0 saturated carbocycles. The summed E-state index contributed by atoms with van der Waals surface area (Å²) < 4.78 is 0. The Morgan fingerprint density at radius 3 is 1.56 bits per heavy atom. The second-order valence-electron chi connectivity index (χ2n) is 22.5. The lowest BCUT2D eigenvalue weighted by molar-refractivity contribution is -0.146. The molecule has 2 saturated heterocycles. The Morgan fingerprint density at radius 2 is 1.07 bits per heavy atom. The zero-order chi connectivity index (χ0) is 71.3. The largest absolute Gasteiger partial charge is 0.481 e. The standard InChI is InChI=1S/C57H85N17O21S/c1-28(78)44(72-49(87)37(22-43(81)82)68-50(88)38(25-76)70-46(84)34(19-29-9-4-3-5-10-29)67-48(86)36(21-42(79)80)66-45(83)31(58)24-75)53(91)65-33(14-18-96-2)55(93)74-17-7-12-40(74)51(89)69-35(20-30-23-61-27-63-30)47(85)64-32(11-6-15-62-57(59)60)54(92)73-16-8-13-41(73)52(90)71-39(26-77)56(94)95/h3-5,9-10,23,27-28,31-41,44,75-78H,6-8,11-22,24-26,58H2,1-2H3,(H,61,63)(H,64,85)(H,65,91)(H,66,83)(H,67,86)(H,68,88)(H,69,89)(H,70,84)(H,71,90)(H,72,87)(H,79,80)(H,81,82)(H,94,95)(H4,59,60,62)/t28-,31+,32+,33+,34+,35+,36+,37+,38+,39+,40+,41+,44+/m1/s1. The van der Waals surface area contributed by atoms with Crippen LogP contribution in [0.5, 0.6) is 0 Å². The van der Waals surface area contributed by atoms with Crippen molar-refractivity contribution in [2.24, 2.45) is 22.2 Å². The highest BCUT2D eigenvalue weighted by Crippen LogP contribution is 2.23. The first-order valence-electron chi connectivity index (χ1n) is 30.4. The van der Waals surface area contributed by atoms with Gasteiger partial charge in [-0.25, -0.2) is 9.78 Å². The number of guanidine groups is 1. The number of aliphatic imine (C=N–C) groups is 1. The van der Waals surface area contributed by atoms with Gasteiger partial charge in [-0.3, -0.25) is 67.3 Å². The van der Waals surface area contributed by atoms with Crippen molar-refractivity contribution < 1.29 is 103 Å². The van der Waals surface area contributed by atoms with Gasteiger partial charge >= 0.3 is 17.9 Å². The van der Waals surface area contributed by atoms with Crippen LogP contribution in [0.25, 0.3) is 0 Å². The van der Waals surface area contributed by atoms with Crippen LogP contribution in [0.2, 0.25) is 0 Å². The summed E-state index contributed by atoms with van der Waals surface area (Å²) in [5.41, 5.74) is 17.3. The van der Waals surface area contributed by atoms with E-state index in [4.69, 9.17) is 17.2 Å². The fraction of sp³-hybridized carbons (Fsp3) is 0.579. The summed E-state index contributed by atoms with van der Waals surface area (Å²) in [6.07, 6.45) is 0.314. The van der Waals surface area contributed by atoms with Gasteiger partial charge in [-0.1, -0.05) is 30.3 Å². The van der Waals surface area contributed by atoms with Crippen molar-refractivity contribution in [2.75, 3.05) is 51.5 Å². The quantitative estimate of drug-likeness (QED) is 0.0167. The molecule has 530 valence electrons. The van der Waals surface area contributed by atoms with Crippen LogP contribution in [0.4, 0.5) is 0 Å². The van der Waals surface area contributed by atoms with Gasteiger partial charge in [0.1, 0.15) is 72.5 Å². The van der Waals surface area contributed by atoms with Gasteiger partial charge in [0.15, 0.2) is 5.96 Å². The Kier molecular flexibility index (Phi) is 32.3. The number of carbonyl (C=O) groups is 14. The summed E-state index contributed by atoms with van der Waals surface area (Å²) in [5.74, 6) is -16.6. The molecule has 39 heteroatoms. The summed E-state index contributed by atoms with van der Waals surface area (Å²) in [6, 6.07) is -11.9. The fourth-order valence-electron chi connectivity index (χ4n) is 10.2. The number of aliphatic hydroxyl groups is 4. The molecule has 23 N–H and O–H groups in total. The molecule has 0 aliphatic carbocycles. The summed E-state index contributed by atoms with van der Waals surface area (Å²) in [4.78, 5) is 202. The number of hydrogen-bond acceptors (Lipinski definition) is 22. The summed E-state index contributed by atoms with van der Waals surface area (Å²) in [5, 5.41) is 89.7. The molecule has 1 aromatic heterocycles. The highest BCUT2D eigenvalue weighted by molar-refractivity contribution is 7.98. The van der Waals surface area contributed by atoms with Crippen molar-refractivity contribution >= 4 is 101 Å². The number of carboxylic acids is 3. The van der Waals surface area contributed by atoms with Crippen molar-refractivity contribution in [3.8, 4) is 0 Å². The van der Waals surface area contributed by atoms with E-state index in [9.17, 15) is 103 Å². The first kappa shape index (κ1) is 78.9. The van der Waals surface area contributed by atoms with Crippen molar-refractivity contribution in [3.63, 3.8) is 0 Å². The molecule has 2 fully saturated rings. The highest BCUT2D eigenvalue weighted by Gasteiger charge is 2.43. The van der Waals surface area contributed by atoms with Crippen LogP contribution < -0.4 is 65.1 Å². The van der Waals surface area contributed by atoms with Crippen molar-refractivity contribution in [2.45, 2.75) is 156 Å². The zero-order valence-electron chi connectivity index (χ0n) is 52.6. The first-order valence-corrected chi connectivity index (χ1v) is 31.8. The van der Waals surface area contributed by atoms with Crippen LogP contribution in [0, 0.1) is 0 Å². The normalized spacial score (nSPS) is 17.7. The number of carboxylic acid groups (broad SMARTS) is 3. The monoisotopic (exact) mass is 1380 g/mol. The van der Waals surface area contributed by atoms with E-state index < -0.39 is 194 Å². The van der Waals surface area contributed by atoms with Gasteiger partial charge < -0.3 is 116 Å². The Bertz CT molecular complexity index is 3070. The number of aliphatic carboxylic acids is 3. The number of carbonyl (C=O) groups excluding carboxylic acids is 11. The van der Waals surface area contributed by atoms with E-state index in [0.717, 1.165) is 16.7 Å². The number of likely N-dealkylation sites (tertiary alicyclic amines) is 2. The molecule has 96 heavy (non-hydrogen) atoms. The van der Waals surface area contributed by atoms with Gasteiger partial charge in [-0.15, -0.1) is 0 Å². The lowest BCUT2D eigenvalue weighted by Crippen LogP contribution is -2.62. The van der Waals surface area contributed by atoms with Crippen molar-refractivity contribution in [1.82, 2.24) is 67.6 Å². The predicted octanol–water partition coefficient (Wildman–Crippen LogP) is -8.93. The minimum absolute atomic E-state index is 0.00366. The third kappa shape index (κ3) is 24.6. The number of aromatic nitrogens is 2. The number of nitrogens with one attached hydrogen (secondary N) is 10. The van der Waals surface area contributed by atoms with E-state index in [1.54, 1.807) is 24.5 Å². The SMILES string of the molecule is CSCC[C@H](NC(=O)[C@@H](NC(=O)[C@H](CC(=O)O)NC(=O)[C@H](CO)NC(=O)[C@H](Cc1ccccc1)NC(=O)[C@H](CC(=O)O)NC(=O)[C@@H](N)CO)[C@@H](C)O)C(=O)N1CCC[C@H]1C(=O)N[C@@H](Cc1cnc[nH]1)C(=O)N[C@@H](CCCN=C(N)N)C(=O)N1CCC[C@H]1C(=O)N[C@@H](CO)C(=O)O. The molecule has 38 nitrogen and oxygen atoms in total. The smallest absolute Gasteiger partial charge is 0.328 e. The summed E-state index contributed by atoms with van der Waals surface area (Å²) in [7, 11) is 0. The number of benzene rings is 1. The van der Waals surface area contributed by atoms with E-state index in [-0.39, 0.29) is 82.7 Å². The molecule has 13 atom stereocenters. The molecule has 4 rings (SSSR count). The number of thioether (sulfide) groups is 1. The maximum Gasteiger partial charge on any atom is 0.328 e. The lowest BCUT2D eigenvalue weighted by atomic mass is 10.0. The number of aliphatic hydroxyl groups excluding tert-OH is 4. The molecule has 11 amide bonds. The number of hydrogen-bond donors (Lipinski definition) is 20. The third-order valence-corrected chi connectivity index (χ3v) is 15.9. The Hall–Kier alpha value is -9.57. The van der Waals surface area contributed by atoms with Crippen molar-refractivity contribution in [1.29, 1.82) is 0 Å². The molecular formula is C57H85N17O21S. The lowest BCUT2D eigenvalue weighted by Gasteiger charge is -2.32. The van der Waals surface area contributed by atoms with Gasteiger partial charge in [-0.2, -0.15) is 11.8 Å². The molecule has 2 aliphatic rings. The minimum atomic E-state index is -2.12. The van der Waals surface area contributed by atoms with E-state index in [0.29, 0.717) is 17.7 Å². The third-order valence-electron chi connectivity index (χ3n) is 15.2. The number of nitrogens with zero attached hydrogens (tertiary/aromatic N) is 4. The van der Waals surface area contributed by atoms with E-state index in [1.807, 2.05) is 0 Å². The molecule has 2 aliphatic heterocycles. The van der Waals surface area contributed by atoms with E-state index in [1.165, 1.54) is 36.4 Å². The Morgan fingerprint density at radius 1 is 0.604 bits per heavy atom. The van der Waals surface area contributed by atoms with Crippen molar-refractivity contribution in [3.05, 3.63) is 54.1 Å². The number of imidazole rings is 1.